The summed E-state index contributed by atoms with van der Waals surface area (Å²) >= 11 is 0. The van der Waals surface area contributed by atoms with Crippen LogP contribution in [0.2, 0.25) is 0 Å². The van der Waals surface area contributed by atoms with E-state index in [-0.39, 0.29) is 18.9 Å². The summed E-state index contributed by atoms with van der Waals surface area (Å²) in [5.74, 6) is -0.676. The number of carboxylic acid groups (broad SMARTS) is 1. The van der Waals surface area contributed by atoms with E-state index in [4.69, 9.17) is 33.2 Å². The Balaban J connectivity index is 1.63. The van der Waals surface area contributed by atoms with E-state index in [0.29, 0.717) is 72.7 Å². The van der Waals surface area contributed by atoms with Crippen LogP contribution in [0.3, 0.4) is 0 Å². The average molecular weight is 747 g/mol. The van der Waals surface area contributed by atoms with Crippen molar-refractivity contribution in [2.45, 2.75) is 49.5 Å². The molecule has 3 aromatic carbocycles. The Morgan fingerprint density at radius 3 is 2.17 bits per heavy atom. The molecule has 1 N–H and O–H groups in total. The molecule has 4 unspecified atom stereocenters. The molecule has 2 aliphatic rings. The largest absolute Gasteiger partial charge is 0.493 e. The van der Waals surface area contributed by atoms with Crippen LogP contribution in [0.25, 0.3) is 0 Å². The Bertz CT molecular complexity index is 1730. The van der Waals surface area contributed by atoms with Crippen LogP contribution < -0.4 is 28.4 Å². The zero-order valence-corrected chi connectivity index (χ0v) is 32.3. The van der Waals surface area contributed by atoms with E-state index in [1.165, 1.54) is 21.3 Å². The van der Waals surface area contributed by atoms with E-state index >= 15 is 4.79 Å². The highest BCUT2D eigenvalue weighted by atomic mass is 16.5. The number of amides is 1. The first-order valence-corrected chi connectivity index (χ1v) is 18.4. The van der Waals surface area contributed by atoms with Gasteiger partial charge in [-0.05, 0) is 72.4 Å². The van der Waals surface area contributed by atoms with Crippen LogP contribution in [0.4, 0.5) is 0 Å². The molecule has 2 heterocycles. The second-order valence-corrected chi connectivity index (χ2v) is 13.4. The van der Waals surface area contributed by atoms with Crippen molar-refractivity contribution in [2.75, 3.05) is 81.5 Å². The predicted octanol–water partition coefficient (Wildman–Crippen LogP) is 6.13. The lowest BCUT2D eigenvalue weighted by Crippen LogP contribution is -2.60. The summed E-state index contributed by atoms with van der Waals surface area (Å²) in [4.78, 5) is 33.5. The average Bonchev–Trinajstić information content (AvgIpc) is 3.61. The summed E-state index contributed by atoms with van der Waals surface area (Å²) < 4.78 is 39.8. The minimum atomic E-state index is -1.71. The second-order valence-electron chi connectivity index (χ2n) is 13.4. The molecule has 3 aromatic rings. The number of allylic oxidation sites excluding steroid dienone is 1. The van der Waals surface area contributed by atoms with Crippen molar-refractivity contribution in [3.63, 3.8) is 0 Å². The van der Waals surface area contributed by atoms with E-state index in [1.54, 1.807) is 43.4 Å². The smallest absolute Gasteiger partial charge is 0.330 e. The quantitative estimate of drug-likeness (QED) is 0.151. The number of rotatable bonds is 18. The molecule has 2 fully saturated rings. The zero-order chi connectivity index (χ0) is 38.8. The van der Waals surface area contributed by atoms with Gasteiger partial charge in [-0.2, -0.15) is 0 Å². The fourth-order valence-corrected chi connectivity index (χ4v) is 8.25. The molecule has 0 bridgehead atoms. The lowest BCUT2D eigenvalue weighted by atomic mass is 9.67. The topological polar surface area (TPSA) is 125 Å². The molecule has 12 heteroatoms. The molecular weight excluding hydrogens is 692 g/mol. The maximum absolute atomic E-state index is 15.2. The lowest BCUT2D eigenvalue weighted by molar-refractivity contribution is -0.160. The minimum Gasteiger partial charge on any atom is -0.493 e. The highest BCUT2D eigenvalue weighted by Gasteiger charge is 2.62. The van der Waals surface area contributed by atoms with Crippen LogP contribution in [0.5, 0.6) is 34.5 Å². The first-order chi connectivity index (χ1) is 26.2. The van der Waals surface area contributed by atoms with E-state index in [2.05, 4.69) is 11.5 Å². The number of carbonyl (C=O) groups excluding carboxylic acids is 1. The van der Waals surface area contributed by atoms with Gasteiger partial charge in [0, 0.05) is 38.0 Å². The SMILES string of the molecule is C=CCC(C(=O)N1CCC(c2ccc(OC)c(OC)c2)C1(C(=O)O)C(CC)c1cccc(OCCN2CCOCC2)c1)c1cc(OC)c(OC)c(OC)c1. The molecule has 54 heavy (non-hydrogen) atoms. The molecule has 0 aromatic heterocycles. The van der Waals surface area contributed by atoms with Gasteiger partial charge >= 0.3 is 5.97 Å². The molecule has 0 aliphatic carbocycles. The van der Waals surface area contributed by atoms with Crippen molar-refractivity contribution in [3.8, 4) is 34.5 Å². The third kappa shape index (κ3) is 7.95. The monoisotopic (exact) mass is 746 g/mol. The van der Waals surface area contributed by atoms with Crippen LogP contribution in [0.15, 0.2) is 67.3 Å². The van der Waals surface area contributed by atoms with Gasteiger partial charge in [0.25, 0.3) is 0 Å². The number of hydrogen-bond acceptors (Lipinski definition) is 10. The Morgan fingerprint density at radius 2 is 1.57 bits per heavy atom. The third-order valence-corrected chi connectivity index (χ3v) is 10.8. The van der Waals surface area contributed by atoms with E-state index in [1.807, 2.05) is 43.3 Å². The van der Waals surface area contributed by atoms with Crippen molar-refractivity contribution in [1.29, 1.82) is 0 Å². The number of nitrogens with zero attached hydrogens (tertiary/aromatic N) is 2. The fourth-order valence-electron chi connectivity index (χ4n) is 8.25. The molecule has 4 atom stereocenters. The Kier molecular flexibility index (Phi) is 13.7. The number of methoxy groups -OCH3 is 5. The number of likely N-dealkylation sites (tertiary alicyclic amines) is 1. The molecule has 5 rings (SSSR count). The van der Waals surface area contributed by atoms with Crippen molar-refractivity contribution in [2.24, 2.45) is 0 Å². The standard InChI is InChI=1S/C42H54N2O10/c1-8-11-32(30-26-37(50-5)39(52-7)38(27-30)51-6)40(45)44-17-16-34(29-14-15-35(48-3)36(25-29)49-4)42(44,41(46)47)33(9-2)28-12-10-13-31(24-28)54-23-20-43-18-21-53-22-19-43/h8,10,12-15,24-27,32-34H,1,9,11,16-23H2,2-7H3,(H,46,47). The van der Waals surface area contributed by atoms with Crippen LogP contribution >= 0.6 is 0 Å². The third-order valence-electron chi connectivity index (χ3n) is 10.8. The first kappa shape index (κ1) is 40.2. The van der Waals surface area contributed by atoms with Gasteiger partial charge in [0.05, 0.1) is 54.7 Å². The fraction of sp³-hybridized carbons (Fsp3) is 0.476. The Morgan fingerprint density at radius 1 is 0.889 bits per heavy atom. The van der Waals surface area contributed by atoms with Crippen molar-refractivity contribution >= 4 is 11.9 Å². The van der Waals surface area contributed by atoms with Gasteiger partial charge in [-0.3, -0.25) is 9.69 Å². The number of carbonyl (C=O) groups is 2. The van der Waals surface area contributed by atoms with Gasteiger partial charge < -0.3 is 43.2 Å². The summed E-state index contributed by atoms with van der Waals surface area (Å²) in [6, 6.07) is 16.6. The van der Waals surface area contributed by atoms with Crippen molar-refractivity contribution in [3.05, 3.63) is 83.9 Å². The van der Waals surface area contributed by atoms with Gasteiger partial charge in [-0.15, -0.1) is 6.58 Å². The van der Waals surface area contributed by atoms with Crippen LogP contribution in [0, 0.1) is 0 Å². The van der Waals surface area contributed by atoms with Gasteiger partial charge in [-0.1, -0.05) is 31.2 Å². The normalized spacial score (nSPS) is 19.7. The maximum atomic E-state index is 15.2. The number of benzene rings is 3. The van der Waals surface area contributed by atoms with Gasteiger partial charge in [0.15, 0.2) is 28.5 Å². The lowest BCUT2D eigenvalue weighted by Gasteiger charge is -2.45. The Labute approximate surface area is 318 Å². The molecule has 2 aliphatic heterocycles. The molecule has 2 saturated heterocycles. The molecule has 0 saturated carbocycles. The highest BCUT2D eigenvalue weighted by molar-refractivity contribution is 5.93. The molecule has 292 valence electrons. The molecule has 0 spiro atoms. The molecule has 0 radical (unpaired) electrons. The molecular formula is C42H54N2O10. The summed E-state index contributed by atoms with van der Waals surface area (Å²) in [6.07, 6.45) is 2.74. The second kappa shape index (κ2) is 18.4. The van der Waals surface area contributed by atoms with Gasteiger partial charge in [0.2, 0.25) is 11.7 Å². The number of morpholine rings is 1. The summed E-state index contributed by atoms with van der Waals surface area (Å²) in [5.41, 5.74) is 0.376. The predicted molar refractivity (Wildman–Crippen MR) is 205 cm³/mol. The summed E-state index contributed by atoms with van der Waals surface area (Å²) in [6.45, 7) is 10.5. The van der Waals surface area contributed by atoms with Crippen LogP contribution in [-0.2, 0) is 14.3 Å². The minimum absolute atomic E-state index is 0.203. The summed E-state index contributed by atoms with van der Waals surface area (Å²) in [5, 5.41) is 11.7. The first-order valence-electron chi connectivity index (χ1n) is 18.4. The van der Waals surface area contributed by atoms with Gasteiger partial charge in [-0.25, -0.2) is 4.79 Å². The molecule has 12 nitrogen and oxygen atoms in total. The van der Waals surface area contributed by atoms with Gasteiger partial charge in [0.1, 0.15) is 12.4 Å². The van der Waals surface area contributed by atoms with E-state index in [9.17, 15) is 9.90 Å². The van der Waals surface area contributed by atoms with Crippen LogP contribution in [-0.4, -0.2) is 114 Å². The number of hydrogen-bond donors (Lipinski definition) is 1. The maximum Gasteiger partial charge on any atom is 0.330 e. The van der Waals surface area contributed by atoms with Crippen molar-refractivity contribution in [1.82, 2.24) is 9.80 Å². The number of aliphatic carboxylic acids is 1. The van der Waals surface area contributed by atoms with Crippen molar-refractivity contribution < 1.29 is 47.9 Å². The van der Waals surface area contributed by atoms with E-state index in [0.717, 1.165) is 30.8 Å². The zero-order valence-electron chi connectivity index (χ0n) is 32.3. The highest BCUT2D eigenvalue weighted by Crippen LogP contribution is 2.54. The van der Waals surface area contributed by atoms with Crippen LogP contribution in [0.1, 0.15) is 60.6 Å². The molecule has 1 amide bonds. The summed E-state index contributed by atoms with van der Waals surface area (Å²) in [7, 11) is 7.65. The number of carboxylic acids is 1. The van der Waals surface area contributed by atoms with E-state index < -0.39 is 29.3 Å². The number of ether oxygens (including phenoxy) is 7. The Hall–Kier alpha value is -4.94.